The van der Waals surface area contributed by atoms with E-state index in [1.807, 2.05) is 24.3 Å². The highest BCUT2D eigenvalue weighted by Crippen LogP contribution is 2.39. The predicted molar refractivity (Wildman–Crippen MR) is 126 cm³/mol. The fourth-order valence-electron chi connectivity index (χ4n) is 5.49. The van der Waals surface area contributed by atoms with Gasteiger partial charge in [0.25, 0.3) is 0 Å². The molecule has 2 aliphatic rings. The van der Waals surface area contributed by atoms with Gasteiger partial charge in [-0.15, -0.1) is 5.10 Å². The first-order chi connectivity index (χ1) is 16.6. The van der Waals surface area contributed by atoms with Crippen LogP contribution >= 0.6 is 0 Å². The smallest absolute Gasteiger partial charge is 0.154 e. The molecule has 0 unspecified atom stereocenters. The number of hydrogen-bond donors (Lipinski definition) is 2. The summed E-state index contributed by atoms with van der Waals surface area (Å²) in [6.07, 6.45) is 7.80. The number of benzene rings is 1. The SMILES string of the molecule is Oc1ccc(F)cc1[C@H]1CCCN1c1ccc2ncc(-c3cc([C@H]4CCC[C@@H]4O)ccn3)n2n1. The zero-order valence-electron chi connectivity index (χ0n) is 18.7. The molecule has 8 heteroatoms. The molecule has 4 heterocycles. The van der Waals surface area contributed by atoms with Crippen LogP contribution in [0.15, 0.2) is 54.9 Å². The molecule has 3 aromatic heterocycles. The molecule has 1 aliphatic heterocycles. The van der Waals surface area contributed by atoms with Crippen molar-refractivity contribution in [2.24, 2.45) is 0 Å². The molecule has 1 saturated heterocycles. The van der Waals surface area contributed by atoms with Crippen molar-refractivity contribution in [2.75, 3.05) is 11.4 Å². The Morgan fingerprint density at radius 1 is 0.971 bits per heavy atom. The van der Waals surface area contributed by atoms with Gasteiger partial charge in [0, 0.05) is 24.2 Å². The number of aromatic hydroxyl groups is 1. The number of aliphatic hydroxyl groups excluding tert-OH is 1. The third-order valence-electron chi connectivity index (χ3n) is 7.20. The van der Waals surface area contributed by atoms with Gasteiger partial charge in [-0.3, -0.25) is 4.98 Å². The van der Waals surface area contributed by atoms with Crippen LogP contribution in [0.3, 0.4) is 0 Å². The van der Waals surface area contributed by atoms with Crippen molar-refractivity contribution in [1.82, 2.24) is 19.6 Å². The van der Waals surface area contributed by atoms with E-state index in [9.17, 15) is 14.6 Å². The van der Waals surface area contributed by atoms with E-state index in [2.05, 4.69) is 14.9 Å². The lowest BCUT2D eigenvalue weighted by Crippen LogP contribution is -2.24. The number of imidazole rings is 1. The van der Waals surface area contributed by atoms with E-state index in [1.165, 1.54) is 18.2 Å². The van der Waals surface area contributed by atoms with Crippen LogP contribution < -0.4 is 4.90 Å². The van der Waals surface area contributed by atoms with Gasteiger partial charge in [-0.1, -0.05) is 6.42 Å². The van der Waals surface area contributed by atoms with Crippen LogP contribution in [0.25, 0.3) is 17.0 Å². The third kappa shape index (κ3) is 3.58. The molecule has 174 valence electrons. The van der Waals surface area contributed by atoms with Crippen molar-refractivity contribution < 1.29 is 14.6 Å². The first-order valence-electron chi connectivity index (χ1n) is 11.8. The minimum Gasteiger partial charge on any atom is -0.508 e. The van der Waals surface area contributed by atoms with E-state index in [1.54, 1.807) is 16.9 Å². The van der Waals surface area contributed by atoms with E-state index >= 15 is 0 Å². The highest BCUT2D eigenvalue weighted by atomic mass is 19.1. The molecule has 34 heavy (non-hydrogen) atoms. The highest BCUT2D eigenvalue weighted by molar-refractivity contribution is 5.61. The molecule has 3 atom stereocenters. The monoisotopic (exact) mass is 459 g/mol. The maximum atomic E-state index is 13.9. The van der Waals surface area contributed by atoms with Crippen molar-refractivity contribution in [3.63, 3.8) is 0 Å². The molecule has 1 aromatic carbocycles. The largest absolute Gasteiger partial charge is 0.508 e. The summed E-state index contributed by atoms with van der Waals surface area (Å²) in [6, 6.07) is 11.8. The number of rotatable bonds is 4. The Morgan fingerprint density at radius 2 is 1.88 bits per heavy atom. The summed E-state index contributed by atoms with van der Waals surface area (Å²) >= 11 is 0. The van der Waals surface area contributed by atoms with Crippen molar-refractivity contribution >= 4 is 11.5 Å². The number of fused-ring (bicyclic) bond motifs is 1. The summed E-state index contributed by atoms with van der Waals surface area (Å²) in [5, 5.41) is 25.6. The molecule has 0 spiro atoms. The number of aliphatic hydroxyl groups is 1. The molecular formula is C26H26FN5O2. The molecular weight excluding hydrogens is 433 g/mol. The standard InChI is InChI=1S/C26H26FN5O2/c27-17-6-7-24(34)19(14-17)21-4-2-12-31(21)26-9-8-25-29-15-22(32(25)30-26)20-13-16(10-11-28-20)18-3-1-5-23(18)33/h6-11,13-15,18,21,23,33-34H,1-5,12H2/t18-,21-,23+/m1/s1. The molecule has 6 rings (SSSR count). The summed E-state index contributed by atoms with van der Waals surface area (Å²) in [5.41, 5.74) is 3.90. The zero-order chi connectivity index (χ0) is 23.2. The lowest BCUT2D eigenvalue weighted by molar-refractivity contribution is 0.164. The quantitative estimate of drug-likeness (QED) is 0.464. The third-order valence-corrected chi connectivity index (χ3v) is 7.20. The number of pyridine rings is 1. The van der Waals surface area contributed by atoms with E-state index in [-0.39, 0.29) is 29.6 Å². The van der Waals surface area contributed by atoms with Crippen molar-refractivity contribution in [2.45, 2.75) is 50.2 Å². The second-order valence-electron chi connectivity index (χ2n) is 9.24. The van der Waals surface area contributed by atoms with Crippen LogP contribution in [0.5, 0.6) is 5.75 Å². The average Bonchev–Trinajstić information content (AvgIpc) is 3.59. The molecule has 4 aromatic rings. The van der Waals surface area contributed by atoms with E-state index < -0.39 is 0 Å². The second kappa shape index (κ2) is 8.36. The van der Waals surface area contributed by atoms with E-state index in [0.717, 1.165) is 61.4 Å². The van der Waals surface area contributed by atoms with Crippen LogP contribution in [-0.2, 0) is 0 Å². The van der Waals surface area contributed by atoms with Gasteiger partial charge in [0.2, 0.25) is 0 Å². The Labute approximate surface area is 196 Å². The molecule has 7 nitrogen and oxygen atoms in total. The summed E-state index contributed by atoms with van der Waals surface area (Å²) in [4.78, 5) is 11.2. The number of phenols is 1. The predicted octanol–water partition coefficient (Wildman–Crippen LogP) is 4.61. The van der Waals surface area contributed by atoms with Crippen LogP contribution in [0.2, 0.25) is 0 Å². The highest BCUT2D eigenvalue weighted by Gasteiger charge is 2.30. The maximum Gasteiger partial charge on any atom is 0.154 e. The molecule has 0 bridgehead atoms. The molecule has 2 N–H and O–H groups in total. The molecule has 1 aliphatic carbocycles. The van der Waals surface area contributed by atoms with Crippen LogP contribution in [0.1, 0.15) is 55.2 Å². The van der Waals surface area contributed by atoms with Crippen molar-refractivity contribution in [3.05, 3.63) is 71.8 Å². The Kier molecular flexibility index (Phi) is 5.17. The fourth-order valence-corrected chi connectivity index (χ4v) is 5.49. The molecule has 1 saturated carbocycles. The lowest BCUT2D eigenvalue weighted by Gasteiger charge is -2.26. The first kappa shape index (κ1) is 21.0. The molecule has 0 radical (unpaired) electrons. The van der Waals surface area contributed by atoms with Gasteiger partial charge in [-0.25, -0.2) is 13.9 Å². The van der Waals surface area contributed by atoms with E-state index in [4.69, 9.17) is 5.10 Å². The van der Waals surface area contributed by atoms with Gasteiger partial charge in [0.15, 0.2) is 5.65 Å². The minimum absolute atomic E-state index is 0.0952. The van der Waals surface area contributed by atoms with E-state index in [0.29, 0.717) is 11.2 Å². The number of hydrogen-bond acceptors (Lipinski definition) is 6. The van der Waals surface area contributed by atoms with Gasteiger partial charge in [-0.05, 0) is 73.7 Å². The zero-order valence-corrected chi connectivity index (χ0v) is 18.7. The Bertz CT molecular complexity index is 1360. The minimum atomic E-state index is -0.363. The summed E-state index contributed by atoms with van der Waals surface area (Å²) < 4.78 is 15.7. The maximum absolute atomic E-state index is 13.9. The molecule has 2 fully saturated rings. The number of aromatic nitrogens is 4. The summed E-state index contributed by atoms with van der Waals surface area (Å²) in [5.74, 6) is 0.602. The summed E-state index contributed by atoms with van der Waals surface area (Å²) in [7, 11) is 0. The normalized spacial score (nSPS) is 22.6. The lowest BCUT2D eigenvalue weighted by atomic mass is 9.96. The Morgan fingerprint density at radius 3 is 2.74 bits per heavy atom. The second-order valence-corrected chi connectivity index (χ2v) is 9.24. The first-order valence-corrected chi connectivity index (χ1v) is 11.8. The number of anilines is 1. The number of nitrogens with zero attached hydrogens (tertiary/aromatic N) is 5. The topological polar surface area (TPSA) is 86.8 Å². The van der Waals surface area contributed by atoms with Gasteiger partial charge < -0.3 is 15.1 Å². The summed E-state index contributed by atoms with van der Waals surface area (Å²) in [6.45, 7) is 0.760. The van der Waals surface area contributed by atoms with Crippen molar-refractivity contribution in [3.8, 4) is 17.1 Å². The number of phenolic OH excluding ortho intramolecular Hbond substituents is 1. The van der Waals surface area contributed by atoms with Crippen LogP contribution in [-0.4, -0.2) is 42.4 Å². The Hall–Kier alpha value is -3.52. The number of halogens is 1. The fraction of sp³-hybridized carbons (Fsp3) is 0.346. The van der Waals surface area contributed by atoms with Crippen molar-refractivity contribution in [1.29, 1.82) is 0 Å². The average molecular weight is 460 g/mol. The van der Waals surface area contributed by atoms with Gasteiger partial charge in [0.1, 0.15) is 23.1 Å². The van der Waals surface area contributed by atoms with Gasteiger partial charge >= 0.3 is 0 Å². The van der Waals surface area contributed by atoms with Gasteiger partial charge in [0.05, 0.1) is 24.0 Å². The van der Waals surface area contributed by atoms with Crippen LogP contribution in [0, 0.1) is 5.82 Å². The Balaban J connectivity index is 1.38. The molecule has 0 amide bonds. The van der Waals surface area contributed by atoms with Crippen LogP contribution in [0.4, 0.5) is 10.2 Å². The van der Waals surface area contributed by atoms with Gasteiger partial charge in [-0.2, -0.15) is 0 Å².